The molecular weight excluding hydrogens is 434 g/mol. The molecule has 1 saturated carbocycles. The number of amides is 2. The lowest BCUT2D eigenvalue weighted by Gasteiger charge is -2.40. The largest absolute Gasteiger partial charge is 0.349 e. The predicted octanol–water partition coefficient (Wildman–Crippen LogP) is 4.70. The third-order valence-corrected chi connectivity index (χ3v) is 7.57. The van der Waals surface area contributed by atoms with E-state index in [0.717, 1.165) is 48.0 Å². The van der Waals surface area contributed by atoms with Crippen LogP contribution >= 0.6 is 11.3 Å². The average molecular weight is 468 g/mol. The van der Waals surface area contributed by atoms with Gasteiger partial charge in [-0.15, -0.1) is 16.4 Å². The van der Waals surface area contributed by atoms with Crippen LogP contribution in [0.25, 0.3) is 11.0 Å². The van der Waals surface area contributed by atoms with E-state index in [1.54, 1.807) is 4.68 Å². The highest BCUT2D eigenvalue weighted by Gasteiger charge is 2.39. The van der Waals surface area contributed by atoms with Crippen LogP contribution in [0.5, 0.6) is 0 Å². The van der Waals surface area contributed by atoms with E-state index >= 15 is 0 Å². The second-order valence-electron chi connectivity index (χ2n) is 9.47. The number of benzene rings is 1. The van der Waals surface area contributed by atoms with E-state index in [9.17, 15) is 9.59 Å². The van der Waals surface area contributed by atoms with E-state index in [4.69, 9.17) is 0 Å². The predicted molar refractivity (Wildman–Crippen MR) is 131 cm³/mol. The Balaban J connectivity index is 1.70. The minimum absolute atomic E-state index is 0.0311. The molecule has 33 heavy (non-hydrogen) atoms. The Kier molecular flexibility index (Phi) is 7.12. The second kappa shape index (κ2) is 10.0. The second-order valence-corrected chi connectivity index (χ2v) is 10.5. The molecule has 0 unspecified atom stereocenters. The lowest BCUT2D eigenvalue weighted by atomic mass is 9.92. The van der Waals surface area contributed by atoms with Crippen LogP contribution in [-0.4, -0.2) is 43.3 Å². The van der Waals surface area contributed by atoms with Crippen molar-refractivity contribution in [2.45, 2.75) is 83.5 Å². The van der Waals surface area contributed by atoms with Gasteiger partial charge in [-0.05, 0) is 56.7 Å². The molecule has 3 aromatic rings. The minimum Gasteiger partial charge on any atom is -0.349 e. The number of thiophene rings is 1. The maximum absolute atomic E-state index is 13.9. The molecule has 2 aromatic heterocycles. The van der Waals surface area contributed by atoms with Crippen molar-refractivity contribution in [3.63, 3.8) is 0 Å². The molecule has 2 heterocycles. The Bertz CT molecular complexity index is 1090. The Morgan fingerprint density at radius 1 is 1.18 bits per heavy atom. The Morgan fingerprint density at radius 2 is 1.94 bits per heavy atom. The molecule has 1 aliphatic rings. The molecule has 7 nitrogen and oxygen atoms in total. The van der Waals surface area contributed by atoms with Crippen LogP contribution in [0.1, 0.15) is 70.2 Å². The van der Waals surface area contributed by atoms with Crippen LogP contribution in [0.15, 0.2) is 41.8 Å². The fraction of sp³-hybridized carbons (Fsp3) is 0.520. The van der Waals surface area contributed by atoms with Gasteiger partial charge in [0.1, 0.15) is 18.1 Å². The van der Waals surface area contributed by atoms with Crippen molar-refractivity contribution in [3.05, 3.63) is 46.7 Å². The molecule has 8 heteroatoms. The number of carbonyl (C=O) groups is 2. The van der Waals surface area contributed by atoms with Gasteiger partial charge in [0.15, 0.2) is 0 Å². The summed E-state index contributed by atoms with van der Waals surface area (Å²) in [4.78, 5) is 30.3. The smallest absolute Gasteiger partial charge is 0.248 e. The summed E-state index contributed by atoms with van der Waals surface area (Å²) < 4.78 is 1.65. The van der Waals surface area contributed by atoms with E-state index in [-0.39, 0.29) is 29.9 Å². The number of aromatic nitrogens is 3. The molecule has 4 rings (SSSR count). The van der Waals surface area contributed by atoms with Crippen LogP contribution in [0.2, 0.25) is 0 Å². The topological polar surface area (TPSA) is 80.1 Å². The van der Waals surface area contributed by atoms with E-state index in [1.165, 1.54) is 17.8 Å². The van der Waals surface area contributed by atoms with Crippen molar-refractivity contribution in [2.24, 2.45) is 0 Å². The number of para-hydroxylation sites is 1. The lowest BCUT2D eigenvalue weighted by Crippen LogP contribution is -2.53. The number of hydrogen-bond acceptors (Lipinski definition) is 5. The van der Waals surface area contributed by atoms with Gasteiger partial charge < -0.3 is 10.2 Å². The highest BCUT2D eigenvalue weighted by molar-refractivity contribution is 7.10. The molecule has 176 valence electrons. The normalized spacial score (nSPS) is 16.0. The summed E-state index contributed by atoms with van der Waals surface area (Å²) in [5.41, 5.74) is 1.22. The highest BCUT2D eigenvalue weighted by atomic mass is 32.1. The standard InChI is InChI=1S/C25H33N5O2S/c1-4-25(2,3)26-24(32)23(21-15-10-16-33-21)30(18-11-6-5-7-12-18)22(31)17-29-20-14-9-8-13-19(20)27-28-29/h8-10,13-16,18,23H,4-7,11-12,17H2,1-3H3,(H,26,32)/t23-/m0/s1. The maximum Gasteiger partial charge on any atom is 0.248 e. The number of nitrogens with one attached hydrogen (secondary N) is 1. The van der Waals surface area contributed by atoms with Crippen molar-refractivity contribution in [1.82, 2.24) is 25.2 Å². The fourth-order valence-corrected chi connectivity index (χ4v) is 5.31. The monoisotopic (exact) mass is 467 g/mol. The van der Waals surface area contributed by atoms with Crippen LogP contribution in [0, 0.1) is 0 Å². The first-order chi connectivity index (χ1) is 15.9. The van der Waals surface area contributed by atoms with E-state index in [0.29, 0.717) is 0 Å². The summed E-state index contributed by atoms with van der Waals surface area (Å²) in [6.45, 7) is 6.15. The Morgan fingerprint density at radius 3 is 2.64 bits per heavy atom. The Labute approximate surface area is 199 Å². The molecule has 1 aromatic carbocycles. The van der Waals surface area contributed by atoms with Crippen LogP contribution < -0.4 is 5.32 Å². The van der Waals surface area contributed by atoms with Gasteiger partial charge in [-0.1, -0.05) is 49.6 Å². The number of rotatable bonds is 8. The highest BCUT2D eigenvalue weighted by Crippen LogP contribution is 2.34. The quantitative estimate of drug-likeness (QED) is 0.521. The minimum atomic E-state index is -0.652. The molecule has 0 saturated heterocycles. The first-order valence-electron chi connectivity index (χ1n) is 11.8. The van der Waals surface area contributed by atoms with Crippen molar-refractivity contribution in [3.8, 4) is 0 Å². The van der Waals surface area contributed by atoms with Gasteiger partial charge in [-0.2, -0.15) is 0 Å². The maximum atomic E-state index is 13.9. The number of carbonyl (C=O) groups excluding carboxylic acids is 2. The fourth-order valence-electron chi connectivity index (χ4n) is 4.49. The van der Waals surface area contributed by atoms with Crippen molar-refractivity contribution in [1.29, 1.82) is 0 Å². The van der Waals surface area contributed by atoms with E-state index in [1.807, 2.05) is 60.5 Å². The SMILES string of the molecule is CCC(C)(C)NC(=O)[C@H](c1cccs1)N(C(=O)Cn1nnc2ccccc21)C1CCCCC1. The number of hydrogen-bond donors (Lipinski definition) is 1. The summed E-state index contributed by atoms with van der Waals surface area (Å²) in [5, 5.41) is 13.6. The molecule has 0 radical (unpaired) electrons. The molecular formula is C25H33N5O2S. The van der Waals surface area contributed by atoms with Gasteiger partial charge in [0.2, 0.25) is 11.8 Å². The Hall–Kier alpha value is -2.74. The zero-order valence-electron chi connectivity index (χ0n) is 19.7. The molecule has 1 N–H and O–H groups in total. The first-order valence-corrected chi connectivity index (χ1v) is 12.7. The molecule has 1 fully saturated rings. The molecule has 1 aliphatic carbocycles. The number of fused-ring (bicyclic) bond motifs is 1. The summed E-state index contributed by atoms with van der Waals surface area (Å²) in [7, 11) is 0. The van der Waals surface area contributed by atoms with Crippen molar-refractivity contribution < 1.29 is 9.59 Å². The lowest BCUT2D eigenvalue weighted by molar-refractivity contribution is -0.145. The van der Waals surface area contributed by atoms with Crippen molar-refractivity contribution >= 4 is 34.2 Å². The zero-order chi connectivity index (χ0) is 23.4. The average Bonchev–Trinajstić information content (AvgIpc) is 3.48. The first kappa shape index (κ1) is 23.4. The zero-order valence-corrected chi connectivity index (χ0v) is 20.5. The summed E-state index contributed by atoms with van der Waals surface area (Å²) in [6, 6.07) is 10.9. The third-order valence-electron chi connectivity index (χ3n) is 6.65. The molecule has 1 atom stereocenters. The van der Waals surface area contributed by atoms with Gasteiger partial charge in [0.05, 0.1) is 5.52 Å². The summed E-state index contributed by atoms with van der Waals surface area (Å²) >= 11 is 1.52. The van der Waals surface area contributed by atoms with Crippen LogP contribution in [0.3, 0.4) is 0 Å². The van der Waals surface area contributed by atoms with Gasteiger partial charge in [0.25, 0.3) is 0 Å². The molecule has 0 aliphatic heterocycles. The summed E-state index contributed by atoms with van der Waals surface area (Å²) in [6.07, 6.45) is 5.94. The van der Waals surface area contributed by atoms with E-state index < -0.39 is 6.04 Å². The van der Waals surface area contributed by atoms with Crippen LogP contribution in [-0.2, 0) is 16.1 Å². The van der Waals surface area contributed by atoms with Crippen LogP contribution in [0.4, 0.5) is 0 Å². The van der Waals surface area contributed by atoms with E-state index in [2.05, 4.69) is 22.6 Å². The molecule has 2 amide bonds. The number of nitrogens with zero attached hydrogens (tertiary/aromatic N) is 4. The van der Waals surface area contributed by atoms with Gasteiger partial charge in [-0.25, -0.2) is 4.68 Å². The van der Waals surface area contributed by atoms with Gasteiger partial charge >= 0.3 is 0 Å². The molecule has 0 bridgehead atoms. The van der Waals surface area contributed by atoms with Crippen molar-refractivity contribution in [2.75, 3.05) is 0 Å². The van der Waals surface area contributed by atoms with Gasteiger partial charge in [-0.3, -0.25) is 9.59 Å². The molecule has 0 spiro atoms. The van der Waals surface area contributed by atoms with Gasteiger partial charge in [0, 0.05) is 16.5 Å². The third kappa shape index (κ3) is 5.27. The summed E-state index contributed by atoms with van der Waals surface area (Å²) in [5.74, 6) is -0.216.